The summed E-state index contributed by atoms with van der Waals surface area (Å²) in [5, 5.41) is 28.3. The van der Waals surface area contributed by atoms with E-state index in [4.69, 9.17) is 10.2 Å². The van der Waals surface area contributed by atoms with Gasteiger partial charge in [-0.2, -0.15) is 0 Å². The zero-order chi connectivity index (χ0) is 16.7. The van der Waals surface area contributed by atoms with Gasteiger partial charge in [-0.15, -0.1) is 13.2 Å². The highest BCUT2D eigenvalue weighted by Crippen LogP contribution is 2.23. The van der Waals surface area contributed by atoms with E-state index in [2.05, 4.69) is 18.1 Å². The summed E-state index contributed by atoms with van der Waals surface area (Å²) in [6.45, 7) is 10.8. The van der Waals surface area contributed by atoms with E-state index in [0.29, 0.717) is 12.8 Å². The minimum atomic E-state index is -0.717. The van der Waals surface area contributed by atoms with Gasteiger partial charge in [-0.1, -0.05) is 12.2 Å². The number of nitrogens with zero attached hydrogens (tertiary/aromatic N) is 1. The quantitative estimate of drug-likeness (QED) is 0.303. The Morgan fingerprint density at radius 2 is 1.23 bits per heavy atom. The maximum Gasteiger partial charge on any atom is 0.0716 e. The molecule has 0 bridgehead atoms. The molecule has 0 aromatic rings. The molecule has 0 spiro atoms. The van der Waals surface area contributed by atoms with Crippen LogP contribution in [0.5, 0.6) is 0 Å². The van der Waals surface area contributed by atoms with E-state index in [1.165, 1.54) is 0 Å². The fourth-order valence-corrected chi connectivity index (χ4v) is 2.69. The SMILES string of the molecule is C=CCC(O)(CC=C)CCCN(CCCCO)CCCCO. The lowest BCUT2D eigenvalue weighted by Gasteiger charge is -2.28. The van der Waals surface area contributed by atoms with Crippen LogP contribution in [0.15, 0.2) is 25.3 Å². The third-order valence-corrected chi connectivity index (χ3v) is 3.93. The fraction of sp³-hybridized carbons (Fsp3) is 0.778. The highest BCUT2D eigenvalue weighted by molar-refractivity contribution is 4.91. The van der Waals surface area contributed by atoms with Crippen molar-refractivity contribution >= 4 is 0 Å². The van der Waals surface area contributed by atoms with Crippen LogP contribution < -0.4 is 0 Å². The second-order valence-electron chi connectivity index (χ2n) is 6.02. The van der Waals surface area contributed by atoms with Gasteiger partial charge in [0, 0.05) is 13.2 Å². The smallest absolute Gasteiger partial charge is 0.0716 e. The van der Waals surface area contributed by atoms with Crippen LogP contribution in [0.3, 0.4) is 0 Å². The molecule has 4 nitrogen and oxygen atoms in total. The van der Waals surface area contributed by atoms with Crippen molar-refractivity contribution < 1.29 is 15.3 Å². The standard InChI is InChI=1S/C18H35NO3/c1-3-10-18(22,11-4-2)12-9-15-19(13-5-7-16-20)14-6-8-17-21/h3-4,20-22H,1-2,5-17H2. The maximum absolute atomic E-state index is 10.5. The zero-order valence-corrected chi connectivity index (χ0v) is 14.1. The second kappa shape index (κ2) is 13.9. The Bertz CT molecular complexity index is 262. The molecule has 0 radical (unpaired) electrons. The lowest BCUT2D eigenvalue weighted by Crippen LogP contribution is -2.32. The van der Waals surface area contributed by atoms with Crippen LogP contribution in [0.25, 0.3) is 0 Å². The average molecular weight is 313 g/mol. The number of aliphatic hydroxyl groups is 3. The normalized spacial score (nSPS) is 11.8. The fourth-order valence-electron chi connectivity index (χ4n) is 2.69. The molecule has 0 rings (SSSR count). The van der Waals surface area contributed by atoms with Crippen molar-refractivity contribution in [2.75, 3.05) is 32.8 Å². The monoisotopic (exact) mass is 313 g/mol. The molecule has 0 unspecified atom stereocenters. The number of rotatable bonds is 16. The van der Waals surface area contributed by atoms with E-state index in [-0.39, 0.29) is 13.2 Å². The molecule has 0 aliphatic heterocycles. The van der Waals surface area contributed by atoms with Crippen molar-refractivity contribution in [2.24, 2.45) is 0 Å². The highest BCUT2D eigenvalue weighted by atomic mass is 16.3. The van der Waals surface area contributed by atoms with Crippen LogP contribution in [-0.4, -0.2) is 58.7 Å². The summed E-state index contributed by atoms with van der Waals surface area (Å²) in [6, 6.07) is 0. The van der Waals surface area contributed by atoms with Gasteiger partial charge in [0.15, 0.2) is 0 Å². The van der Waals surface area contributed by atoms with E-state index in [9.17, 15) is 5.11 Å². The molecule has 0 heterocycles. The summed E-state index contributed by atoms with van der Waals surface area (Å²) >= 11 is 0. The molecule has 0 fully saturated rings. The second-order valence-corrected chi connectivity index (χ2v) is 6.02. The van der Waals surface area contributed by atoms with Crippen LogP contribution in [0.1, 0.15) is 51.4 Å². The summed E-state index contributed by atoms with van der Waals surface area (Å²) in [5.41, 5.74) is -0.717. The molecule has 0 saturated carbocycles. The van der Waals surface area contributed by atoms with Gasteiger partial charge in [0.05, 0.1) is 5.60 Å². The van der Waals surface area contributed by atoms with Crippen molar-refractivity contribution in [2.45, 2.75) is 57.0 Å². The molecule has 22 heavy (non-hydrogen) atoms. The van der Waals surface area contributed by atoms with Crippen molar-refractivity contribution in [1.29, 1.82) is 0 Å². The van der Waals surface area contributed by atoms with E-state index in [0.717, 1.165) is 58.2 Å². The summed E-state index contributed by atoms with van der Waals surface area (Å²) in [5.74, 6) is 0. The van der Waals surface area contributed by atoms with E-state index in [1.54, 1.807) is 12.2 Å². The molecule has 0 amide bonds. The molecule has 130 valence electrons. The molecule has 4 heteroatoms. The third-order valence-electron chi connectivity index (χ3n) is 3.93. The minimum Gasteiger partial charge on any atom is -0.396 e. The summed E-state index contributed by atoms with van der Waals surface area (Å²) in [4.78, 5) is 2.37. The third kappa shape index (κ3) is 11.0. The Balaban J connectivity index is 4.20. The molecule has 0 aliphatic rings. The minimum absolute atomic E-state index is 0.239. The van der Waals surface area contributed by atoms with E-state index >= 15 is 0 Å². The number of hydrogen-bond acceptors (Lipinski definition) is 4. The molecule has 0 saturated heterocycles. The Morgan fingerprint density at radius 1 is 0.773 bits per heavy atom. The van der Waals surface area contributed by atoms with Gasteiger partial charge >= 0.3 is 0 Å². The van der Waals surface area contributed by atoms with E-state index < -0.39 is 5.60 Å². The molecular formula is C18H35NO3. The molecule has 3 N–H and O–H groups in total. The van der Waals surface area contributed by atoms with Crippen molar-refractivity contribution in [3.63, 3.8) is 0 Å². The van der Waals surface area contributed by atoms with Gasteiger partial charge in [-0.3, -0.25) is 0 Å². The topological polar surface area (TPSA) is 63.9 Å². The lowest BCUT2D eigenvalue weighted by molar-refractivity contribution is 0.0324. The molecule has 0 atom stereocenters. The first-order valence-corrected chi connectivity index (χ1v) is 8.50. The summed E-state index contributed by atoms with van der Waals surface area (Å²) in [6.07, 6.45) is 10.0. The van der Waals surface area contributed by atoms with Crippen LogP contribution in [-0.2, 0) is 0 Å². The van der Waals surface area contributed by atoms with Gasteiger partial charge in [0.1, 0.15) is 0 Å². The van der Waals surface area contributed by atoms with Crippen LogP contribution in [0.2, 0.25) is 0 Å². The van der Waals surface area contributed by atoms with E-state index in [1.807, 2.05) is 0 Å². The average Bonchev–Trinajstić information content (AvgIpc) is 2.47. The maximum atomic E-state index is 10.5. The van der Waals surface area contributed by atoms with Crippen LogP contribution in [0.4, 0.5) is 0 Å². The highest BCUT2D eigenvalue weighted by Gasteiger charge is 2.23. The largest absolute Gasteiger partial charge is 0.396 e. The van der Waals surface area contributed by atoms with Crippen LogP contribution in [0, 0.1) is 0 Å². The number of hydrogen-bond donors (Lipinski definition) is 3. The molecule has 0 aromatic heterocycles. The Labute approximate surface area is 136 Å². The lowest BCUT2D eigenvalue weighted by atomic mass is 9.90. The predicted molar refractivity (Wildman–Crippen MR) is 92.9 cm³/mol. The van der Waals surface area contributed by atoms with Gasteiger partial charge in [-0.25, -0.2) is 0 Å². The Morgan fingerprint density at radius 3 is 1.64 bits per heavy atom. The van der Waals surface area contributed by atoms with Crippen LogP contribution >= 0.6 is 0 Å². The molecular weight excluding hydrogens is 278 g/mol. The first kappa shape index (κ1) is 21.3. The first-order valence-electron chi connectivity index (χ1n) is 8.50. The predicted octanol–water partition coefficient (Wildman–Crippen LogP) is 2.50. The summed E-state index contributed by atoms with van der Waals surface area (Å²) < 4.78 is 0. The molecule has 0 aromatic carbocycles. The van der Waals surface area contributed by atoms with Crippen molar-refractivity contribution in [1.82, 2.24) is 4.90 Å². The number of aliphatic hydroxyl groups excluding tert-OH is 2. The number of unbranched alkanes of at least 4 members (excludes halogenated alkanes) is 2. The van der Waals surface area contributed by atoms with Gasteiger partial charge in [0.25, 0.3) is 0 Å². The summed E-state index contributed by atoms with van der Waals surface area (Å²) in [7, 11) is 0. The van der Waals surface area contributed by atoms with Crippen molar-refractivity contribution in [3.8, 4) is 0 Å². The van der Waals surface area contributed by atoms with Gasteiger partial charge < -0.3 is 20.2 Å². The Hall–Kier alpha value is -0.680. The van der Waals surface area contributed by atoms with Gasteiger partial charge in [0.2, 0.25) is 0 Å². The first-order chi connectivity index (χ1) is 10.6. The Kier molecular flexibility index (Phi) is 13.5. The zero-order valence-electron chi connectivity index (χ0n) is 14.1. The molecule has 0 aliphatic carbocycles. The van der Waals surface area contributed by atoms with Crippen molar-refractivity contribution in [3.05, 3.63) is 25.3 Å². The van der Waals surface area contributed by atoms with Gasteiger partial charge in [-0.05, 0) is 71.0 Å².